The number of nitrogens with zero attached hydrogens (tertiary/aromatic N) is 2. The van der Waals surface area contributed by atoms with Gasteiger partial charge in [0.05, 0.1) is 12.7 Å². The highest BCUT2D eigenvalue weighted by molar-refractivity contribution is 6.30. The summed E-state index contributed by atoms with van der Waals surface area (Å²) >= 11 is 5.84. The average molecular weight is 250 g/mol. The van der Waals surface area contributed by atoms with Gasteiger partial charge in [-0.3, -0.25) is 4.68 Å². The molecule has 0 aliphatic carbocycles. The van der Waals surface area contributed by atoms with Crippen LogP contribution in [0, 0.1) is 0 Å². The van der Waals surface area contributed by atoms with Gasteiger partial charge < -0.3 is 5.73 Å². The second-order valence-electron chi connectivity index (χ2n) is 4.11. The Kier molecular flexibility index (Phi) is 3.82. The standard InChI is InChI=1S/C13H16ClN3/c1-2-13(15)11-7-16-17(9-11)8-10-3-5-12(14)6-4-10/h3-7,9,13H,2,8,15H2,1H3. The van der Waals surface area contributed by atoms with E-state index in [1.54, 1.807) is 0 Å². The Morgan fingerprint density at radius 3 is 2.71 bits per heavy atom. The fourth-order valence-corrected chi connectivity index (χ4v) is 1.80. The molecule has 0 saturated carbocycles. The van der Waals surface area contributed by atoms with Gasteiger partial charge in [-0.05, 0) is 24.1 Å². The lowest BCUT2D eigenvalue weighted by Gasteiger charge is -2.04. The molecule has 2 N–H and O–H groups in total. The van der Waals surface area contributed by atoms with Gasteiger partial charge in [-0.2, -0.15) is 5.10 Å². The van der Waals surface area contributed by atoms with Crippen LogP contribution in [-0.4, -0.2) is 9.78 Å². The SMILES string of the molecule is CCC(N)c1cnn(Cc2ccc(Cl)cc2)c1. The zero-order chi connectivity index (χ0) is 12.3. The Bertz CT molecular complexity index is 476. The lowest BCUT2D eigenvalue weighted by atomic mass is 10.1. The molecule has 1 aromatic carbocycles. The molecule has 1 heterocycles. The van der Waals surface area contributed by atoms with Gasteiger partial charge in [-0.1, -0.05) is 30.7 Å². The summed E-state index contributed by atoms with van der Waals surface area (Å²) < 4.78 is 1.90. The van der Waals surface area contributed by atoms with E-state index in [0.29, 0.717) is 0 Å². The van der Waals surface area contributed by atoms with Crippen molar-refractivity contribution < 1.29 is 0 Å². The maximum Gasteiger partial charge on any atom is 0.0659 e. The molecule has 0 aliphatic heterocycles. The minimum absolute atomic E-state index is 0.0777. The highest BCUT2D eigenvalue weighted by atomic mass is 35.5. The molecule has 2 aromatic rings. The highest BCUT2D eigenvalue weighted by Gasteiger charge is 2.06. The molecule has 1 unspecified atom stereocenters. The van der Waals surface area contributed by atoms with Gasteiger partial charge in [-0.15, -0.1) is 0 Å². The molecular formula is C13H16ClN3. The molecule has 4 heteroatoms. The van der Waals surface area contributed by atoms with Crippen LogP contribution < -0.4 is 5.73 Å². The molecule has 3 nitrogen and oxygen atoms in total. The van der Waals surface area contributed by atoms with Gasteiger partial charge in [-0.25, -0.2) is 0 Å². The summed E-state index contributed by atoms with van der Waals surface area (Å²) in [5.74, 6) is 0. The summed E-state index contributed by atoms with van der Waals surface area (Å²) in [5.41, 5.74) is 8.21. The number of halogens is 1. The van der Waals surface area contributed by atoms with Crippen molar-refractivity contribution >= 4 is 11.6 Å². The summed E-state index contributed by atoms with van der Waals surface area (Å²) in [5, 5.41) is 5.06. The van der Waals surface area contributed by atoms with Crippen LogP contribution in [0.1, 0.15) is 30.5 Å². The third-order valence-electron chi connectivity index (χ3n) is 2.78. The predicted molar refractivity (Wildman–Crippen MR) is 70.0 cm³/mol. The first-order valence-corrected chi connectivity index (χ1v) is 6.09. The number of rotatable bonds is 4. The zero-order valence-corrected chi connectivity index (χ0v) is 10.6. The van der Waals surface area contributed by atoms with E-state index in [-0.39, 0.29) is 6.04 Å². The van der Waals surface area contributed by atoms with Crippen molar-refractivity contribution in [1.82, 2.24) is 9.78 Å². The van der Waals surface area contributed by atoms with E-state index in [4.69, 9.17) is 17.3 Å². The van der Waals surface area contributed by atoms with Crippen molar-refractivity contribution in [2.24, 2.45) is 5.73 Å². The van der Waals surface area contributed by atoms with Crippen LogP contribution in [0.25, 0.3) is 0 Å². The minimum Gasteiger partial charge on any atom is -0.324 e. The van der Waals surface area contributed by atoms with E-state index >= 15 is 0 Å². The Morgan fingerprint density at radius 1 is 1.35 bits per heavy atom. The van der Waals surface area contributed by atoms with Crippen LogP contribution in [0.5, 0.6) is 0 Å². The topological polar surface area (TPSA) is 43.8 Å². The van der Waals surface area contributed by atoms with Gasteiger partial charge in [0.25, 0.3) is 0 Å². The Balaban J connectivity index is 2.08. The smallest absolute Gasteiger partial charge is 0.0659 e. The lowest BCUT2D eigenvalue weighted by Crippen LogP contribution is -2.07. The lowest BCUT2D eigenvalue weighted by molar-refractivity contribution is 0.675. The van der Waals surface area contributed by atoms with Crippen LogP contribution in [0.2, 0.25) is 5.02 Å². The normalized spacial score (nSPS) is 12.6. The van der Waals surface area contributed by atoms with Crippen molar-refractivity contribution in [2.75, 3.05) is 0 Å². The second-order valence-corrected chi connectivity index (χ2v) is 4.55. The maximum absolute atomic E-state index is 5.95. The quantitative estimate of drug-likeness (QED) is 0.905. The van der Waals surface area contributed by atoms with Gasteiger partial charge in [0.1, 0.15) is 0 Å². The number of hydrogen-bond donors (Lipinski definition) is 1. The first-order chi connectivity index (χ1) is 8.19. The molecule has 1 aromatic heterocycles. The van der Waals surface area contributed by atoms with Crippen LogP contribution in [0.3, 0.4) is 0 Å². The zero-order valence-electron chi connectivity index (χ0n) is 9.81. The van der Waals surface area contributed by atoms with Crippen LogP contribution in [0.15, 0.2) is 36.7 Å². The van der Waals surface area contributed by atoms with E-state index in [0.717, 1.165) is 23.6 Å². The molecule has 2 rings (SSSR count). The number of hydrogen-bond acceptors (Lipinski definition) is 2. The fourth-order valence-electron chi connectivity index (χ4n) is 1.67. The number of aromatic nitrogens is 2. The third kappa shape index (κ3) is 3.08. The van der Waals surface area contributed by atoms with E-state index in [9.17, 15) is 0 Å². The number of nitrogens with two attached hydrogens (primary N) is 1. The summed E-state index contributed by atoms with van der Waals surface area (Å²) in [6.45, 7) is 2.81. The van der Waals surface area contributed by atoms with Crippen molar-refractivity contribution in [1.29, 1.82) is 0 Å². The van der Waals surface area contributed by atoms with E-state index in [1.165, 1.54) is 5.56 Å². The predicted octanol–water partition coefficient (Wildman–Crippen LogP) is 2.99. The van der Waals surface area contributed by atoms with E-state index in [1.807, 2.05) is 41.3 Å². The van der Waals surface area contributed by atoms with Gasteiger partial charge in [0.15, 0.2) is 0 Å². The third-order valence-corrected chi connectivity index (χ3v) is 3.03. The summed E-state index contributed by atoms with van der Waals surface area (Å²) in [7, 11) is 0. The molecule has 17 heavy (non-hydrogen) atoms. The van der Waals surface area contributed by atoms with E-state index < -0.39 is 0 Å². The Hall–Kier alpha value is -1.32. The molecule has 0 aliphatic rings. The molecule has 0 spiro atoms. The maximum atomic E-state index is 5.95. The minimum atomic E-state index is 0.0777. The van der Waals surface area contributed by atoms with Crippen molar-refractivity contribution in [3.8, 4) is 0 Å². The average Bonchev–Trinajstić information content (AvgIpc) is 2.80. The van der Waals surface area contributed by atoms with Crippen LogP contribution in [-0.2, 0) is 6.54 Å². The molecule has 0 amide bonds. The summed E-state index contributed by atoms with van der Waals surface area (Å²) in [6, 6.07) is 7.86. The largest absolute Gasteiger partial charge is 0.324 e. The monoisotopic (exact) mass is 249 g/mol. The fraction of sp³-hybridized carbons (Fsp3) is 0.308. The van der Waals surface area contributed by atoms with Crippen LogP contribution >= 0.6 is 11.6 Å². The van der Waals surface area contributed by atoms with E-state index in [2.05, 4.69) is 12.0 Å². The molecule has 1 atom stereocenters. The first-order valence-electron chi connectivity index (χ1n) is 5.71. The van der Waals surface area contributed by atoms with Gasteiger partial charge in [0.2, 0.25) is 0 Å². The van der Waals surface area contributed by atoms with Crippen molar-refractivity contribution in [2.45, 2.75) is 25.9 Å². The van der Waals surface area contributed by atoms with Gasteiger partial charge in [0, 0.05) is 22.8 Å². The molecule has 0 fully saturated rings. The van der Waals surface area contributed by atoms with Crippen molar-refractivity contribution in [3.63, 3.8) is 0 Å². The Labute approximate surface area is 106 Å². The highest BCUT2D eigenvalue weighted by Crippen LogP contribution is 2.14. The van der Waals surface area contributed by atoms with Crippen LogP contribution in [0.4, 0.5) is 0 Å². The molecular weight excluding hydrogens is 234 g/mol. The Morgan fingerprint density at radius 2 is 2.06 bits per heavy atom. The summed E-state index contributed by atoms with van der Waals surface area (Å²) in [6.07, 6.45) is 4.76. The second kappa shape index (κ2) is 5.34. The molecule has 0 radical (unpaired) electrons. The molecule has 90 valence electrons. The molecule has 0 saturated heterocycles. The first kappa shape index (κ1) is 12.1. The summed E-state index contributed by atoms with van der Waals surface area (Å²) in [4.78, 5) is 0. The van der Waals surface area contributed by atoms with Gasteiger partial charge >= 0.3 is 0 Å². The number of benzene rings is 1. The molecule has 0 bridgehead atoms. The van der Waals surface area contributed by atoms with Crippen molar-refractivity contribution in [3.05, 3.63) is 52.8 Å².